The van der Waals surface area contributed by atoms with Gasteiger partial charge in [-0.05, 0) is 44.1 Å². The van der Waals surface area contributed by atoms with Crippen molar-refractivity contribution in [1.29, 1.82) is 0 Å². The number of carbonyl (C=O) groups excluding carboxylic acids is 1. The molecule has 0 amide bonds. The molecule has 0 aromatic heterocycles. The van der Waals surface area contributed by atoms with E-state index in [2.05, 4.69) is 20.8 Å². The van der Waals surface area contributed by atoms with Crippen LogP contribution in [0.15, 0.2) is 11.3 Å². The highest BCUT2D eigenvalue weighted by Crippen LogP contribution is 2.32. The molecule has 1 unspecified atom stereocenters. The maximum Gasteiger partial charge on any atom is 0.158 e. The van der Waals surface area contributed by atoms with Crippen molar-refractivity contribution in [2.45, 2.75) is 136 Å². The fourth-order valence-corrected chi connectivity index (χ4v) is 4.07. The summed E-state index contributed by atoms with van der Waals surface area (Å²) in [5.74, 6) is 1.91. The van der Waals surface area contributed by atoms with Crippen molar-refractivity contribution < 1.29 is 14.3 Å². The molecule has 1 rings (SSSR count). The predicted molar refractivity (Wildman–Crippen MR) is 132 cm³/mol. The molecule has 31 heavy (non-hydrogen) atoms. The number of carbonyl (C=O) groups is 1. The number of Topliss-reactive ketones (excluding diaryl/α,β-unsaturated/α-hetero) is 1. The molecule has 182 valence electrons. The Hall–Kier alpha value is -0.830. The summed E-state index contributed by atoms with van der Waals surface area (Å²) in [5, 5.41) is 0. The Balaban J connectivity index is 2.18. The third-order valence-corrected chi connectivity index (χ3v) is 6.61. The van der Waals surface area contributed by atoms with Crippen LogP contribution in [0.1, 0.15) is 136 Å². The van der Waals surface area contributed by atoms with Crippen molar-refractivity contribution in [2.75, 3.05) is 19.8 Å². The molecular weight excluding hydrogens is 384 g/mol. The first-order valence-electron chi connectivity index (χ1n) is 13.6. The van der Waals surface area contributed by atoms with E-state index in [1.54, 1.807) is 5.57 Å². The van der Waals surface area contributed by atoms with Gasteiger partial charge in [-0.15, -0.1) is 0 Å². The standard InChI is InChI=1S/C28H52O3/c1-4-7-9-11-13-15-20-27(29)24-30-22-25(6-3)23-31-28(26-18-17-19-26)21-16-14-12-10-8-5-2/h25H,4-24H2,1-3H3. The Morgan fingerprint density at radius 2 is 1.35 bits per heavy atom. The van der Waals surface area contributed by atoms with Gasteiger partial charge in [0.2, 0.25) is 0 Å². The fraction of sp³-hybridized carbons (Fsp3) is 0.893. The smallest absolute Gasteiger partial charge is 0.158 e. The summed E-state index contributed by atoms with van der Waals surface area (Å²) in [6.45, 7) is 8.34. The highest BCUT2D eigenvalue weighted by atomic mass is 16.5. The van der Waals surface area contributed by atoms with Gasteiger partial charge in [-0.2, -0.15) is 0 Å². The second-order valence-electron chi connectivity index (χ2n) is 9.55. The number of ketones is 1. The minimum atomic E-state index is 0.256. The van der Waals surface area contributed by atoms with E-state index in [0.717, 1.165) is 25.9 Å². The summed E-state index contributed by atoms with van der Waals surface area (Å²) in [6.07, 6.45) is 21.9. The van der Waals surface area contributed by atoms with Crippen molar-refractivity contribution >= 4 is 5.78 Å². The van der Waals surface area contributed by atoms with Crippen LogP contribution in [0, 0.1) is 5.92 Å². The van der Waals surface area contributed by atoms with E-state index in [9.17, 15) is 4.79 Å². The van der Waals surface area contributed by atoms with Crippen molar-refractivity contribution in [3.05, 3.63) is 11.3 Å². The molecule has 0 saturated heterocycles. The van der Waals surface area contributed by atoms with Crippen molar-refractivity contribution in [1.82, 2.24) is 0 Å². The molecule has 3 nitrogen and oxygen atoms in total. The zero-order chi connectivity index (χ0) is 22.6. The number of hydrogen-bond acceptors (Lipinski definition) is 3. The first-order valence-corrected chi connectivity index (χ1v) is 13.6. The Kier molecular flexibility index (Phi) is 18.0. The number of hydrogen-bond donors (Lipinski definition) is 0. The lowest BCUT2D eigenvalue weighted by Crippen LogP contribution is -2.19. The number of ether oxygens (including phenoxy) is 2. The second kappa shape index (κ2) is 19.8. The fourth-order valence-electron chi connectivity index (χ4n) is 4.07. The van der Waals surface area contributed by atoms with Crippen LogP contribution < -0.4 is 0 Å². The van der Waals surface area contributed by atoms with E-state index >= 15 is 0 Å². The molecule has 0 spiro atoms. The summed E-state index contributed by atoms with van der Waals surface area (Å²) in [4.78, 5) is 12.1. The first kappa shape index (κ1) is 28.2. The lowest BCUT2D eigenvalue weighted by Gasteiger charge is -2.24. The van der Waals surface area contributed by atoms with E-state index in [1.807, 2.05) is 0 Å². The third kappa shape index (κ3) is 14.8. The predicted octanol–water partition coefficient (Wildman–Crippen LogP) is 8.55. The van der Waals surface area contributed by atoms with Gasteiger partial charge >= 0.3 is 0 Å². The molecule has 1 atom stereocenters. The number of allylic oxidation sites excluding steroid dienone is 2. The van der Waals surface area contributed by atoms with Crippen molar-refractivity contribution in [3.63, 3.8) is 0 Å². The van der Waals surface area contributed by atoms with Gasteiger partial charge in [0, 0.05) is 18.8 Å². The summed E-state index contributed by atoms with van der Waals surface area (Å²) >= 11 is 0. The highest BCUT2D eigenvalue weighted by Gasteiger charge is 2.17. The first-order chi connectivity index (χ1) is 15.2. The molecule has 1 aliphatic carbocycles. The lowest BCUT2D eigenvalue weighted by atomic mass is 9.90. The third-order valence-electron chi connectivity index (χ3n) is 6.61. The van der Waals surface area contributed by atoms with Gasteiger partial charge < -0.3 is 9.47 Å². The van der Waals surface area contributed by atoms with Crippen LogP contribution >= 0.6 is 0 Å². The largest absolute Gasteiger partial charge is 0.498 e. The second-order valence-corrected chi connectivity index (χ2v) is 9.55. The van der Waals surface area contributed by atoms with Gasteiger partial charge in [-0.25, -0.2) is 0 Å². The molecule has 0 radical (unpaired) electrons. The van der Waals surface area contributed by atoms with Crippen molar-refractivity contribution in [3.8, 4) is 0 Å². The van der Waals surface area contributed by atoms with Gasteiger partial charge in [0.15, 0.2) is 5.78 Å². The van der Waals surface area contributed by atoms with Gasteiger partial charge in [0.1, 0.15) is 6.61 Å². The molecule has 0 aliphatic heterocycles. The molecule has 3 heteroatoms. The van der Waals surface area contributed by atoms with E-state index in [-0.39, 0.29) is 12.4 Å². The molecule has 1 fully saturated rings. The molecule has 0 aromatic carbocycles. The summed E-state index contributed by atoms with van der Waals surface area (Å²) < 4.78 is 12.1. The Morgan fingerprint density at radius 1 is 0.774 bits per heavy atom. The van der Waals surface area contributed by atoms with E-state index in [4.69, 9.17) is 9.47 Å². The van der Waals surface area contributed by atoms with Crippen LogP contribution in [-0.4, -0.2) is 25.6 Å². The number of unbranched alkanes of at least 4 members (excludes halogenated alkanes) is 10. The van der Waals surface area contributed by atoms with Gasteiger partial charge in [0.05, 0.1) is 19.0 Å². The lowest BCUT2D eigenvalue weighted by molar-refractivity contribution is -0.124. The molecule has 0 N–H and O–H groups in total. The van der Waals surface area contributed by atoms with Gasteiger partial charge in [0.25, 0.3) is 0 Å². The Labute approximate surface area is 193 Å². The zero-order valence-corrected chi connectivity index (χ0v) is 21.2. The van der Waals surface area contributed by atoms with Crippen molar-refractivity contribution in [2.24, 2.45) is 5.92 Å². The van der Waals surface area contributed by atoms with E-state index in [0.29, 0.717) is 18.9 Å². The van der Waals surface area contributed by atoms with Crippen LogP contribution in [0.25, 0.3) is 0 Å². The maximum atomic E-state index is 12.1. The topological polar surface area (TPSA) is 35.5 Å². The highest BCUT2D eigenvalue weighted by molar-refractivity contribution is 5.79. The molecule has 0 bridgehead atoms. The average molecular weight is 437 g/mol. The zero-order valence-electron chi connectivity index (χ0n) is 21.2. The van der Waals surface area contributed by atoms with E-state index < -0.39 is 0 Å². The monoisotopic (exact) mass is 436 g/mol. The minimum absolute atomic E-state index is 0.256. The quantitative estimate of drug-likeness (QED) is 0.126. The normalized spacial score (nSPS) is 14.4. The molecule has 1 saturated carbocycles. The van der Waals surface area contributed by atoms with E-state index in [1.165, 1.54) is 95.7 Å². The van der Waals surface area contributed by atoms with Gasteiger partial charge in [-0.1, -0.05) is 85.0 Å². The average Bonchev–Trinajstić information content (AvgIpc) is 2.73. The molecule has 0 aromatic rings. The molecule has 1 aliphatic rings. The minimum Gasteiger partial charge on any atom is -0.498 e. The van der Waals surface area contributed by atoms with Crippen LogP contribution in [0.2, 0.25) is 0 Å². The van der Waals surface area contributed by atoms with Gasteiger partial charge in [-0.3, -0.25) is 4.79 Å². The van der Waals surface area contributed by atoms with Crippen LogP contribution in [-0.2, 0) is 14.3 Å². The Bertz CT molecular complexity index is 463. The molecule has 0 heterocycles. The SMILES string of the molecule is CCCCCCCCC(=O)COCC(CC)COC(CCCCCCCC)=C1CCC1. The van der Waals surface area contributed by atoms with Crippen LogP contribution in [0.3, 0.4) is 0 Å². The maximum absolute atomic E-state index is 12.1. The summed E-state index contributed by atoms with van der Waals surface area (Å²) in [5.41, 5.74) is 1.55. The molecular formula is C28H52O3. The summed E-state index contributed by atoms with van der Waals surface area (Å²) in [7, 11) is 0. The van der Waals surface area contributed by atoms with Crippen LogP contribution in [0.4, 0.5) is 0 Å². The summed E-state index contributed by atoms with van der Waals surface area (Å²) in [6, 6.07) is 0. The van der Waals surface area contributed by atoms with Crippen LogP contribution in [0.5, 0.6) is 0 Å². The Morgan fingerprint density at radius 3 is 1.90 bits per heavy atom. The number of rotatable bonds is 22.